The summed E-state index contributed by atoms with van der Waals surface area (Å²) in [5, 5.41) is 0. The SMILES string of the molecule is COCc1nc(-c2ccc(Br)s2)[nH]c(=O)c1Br. The second-order valence-corrected chi connectivity index (χ2v) is 6.47. The standard InChI is InChI=1S/C10H8Br2N2O2S/c1-16-4-5-8(12)10(15)14-9(13-5)6-2-3-7(11)17-6/h2-3H,4H2,1H3,(H,13,14,15). The summed E-state index contributed by atoms with van der Waals surface area (Å²) in [6, 6.07) is 3.82. The van der Waals surface area contributed by atoms with Gasteiger partial charge in [0, 0.05) is 7.11 Å². The summed E-state index contributed by atoms with van der Waals surface area (Å²) >= 11 is 8.09. The highest BCUT2D eigenvalue weighted by Crippen LogP contribution is 2.29. The van der Waals surface area contributed by atoms with Crippen LogP contribution < -0.4 is 5.56 Å². The van der Waals surface area contributed by atoms with E-state index < -0.39 is 0 Å². The highest BCUT2D eigenvalue weighted by Gasteiger charge is 2.11. The molecule has 2 aromatic heterocycles. The number of halogens is 2. The van der Waals surface area contributed by atoms with Crippen molar-refractivity contribution in [3.8, 4) is 10.7 Å². The smallest absolute Gasteiger partial charge is 0.265 e. The van der Waals surface area contributed by atoms with Gasteiger partial charge in [0.1, 0.15) is 4.47 Å². The Morgan fingerprint density at radius 3 is 2.82 bits per heavy atom. The Kier molecular flexibility index (Phi) is 4.13. The van der Waals surface area contributed by atoms with Crippen LogP contribution in [0.2, 0.25) is 0 Å². The number of aromatic amines is 1. The van der Waals surface area contributed by atoms with Gasteiger partial charge >= 0.3 is 0 Å². The van der Waals surface area contributed by atoms with Crippen LogP contribution in [-0.4, -0.2) is 17.1 Å². The van der Waals surface area contributed by atoms with Crippen molar-refractivity contribution in [1.82, 2.24) is 9.97 Å². The van der Waals surface area contributed by atoms with Crippen molar-refractivity contribution < 1.29 is 4.74 Å². The quantitative estimate of drug-likeness (QED) is 0.890. The molecule has 0 bridgehead atoms. The first-order valence-electron chi connectivity index (χ1n) is 4.65. The Bertz CT molecular complexity index is 594. The predicted molar refractivity (Wildman–Crippen MR) is 74.3 cm³/mol. The molecule has 2 rings (SSSR count). The van der Waals surface area contributed by atoms with Crippen LogP contribution in [-0.2, 0) is 11.3 Å². The lowest BCUT2D eigenvalue weighted by Gasteiger charge is -2.04. The average molecular weight is 380 g/mol. The molecule has 0 spiro atoms. The molecule has 0 saturated heterocycles. The van der Waals surface area contributed by atoms with Crippen LogP contribution in [0.15, 0.2) is 25.2 Å². The molecule has 0 saturated carbocycles. The molecule has 90 valence electrons. The third-order valence-electron chi connectivity index (χ3n) is 2.02. The van der Waals surface area contributed by atoms with Gasteiger partial charge in [-0.15, -0.1) is 11.3 Å². The predicted octanol–water partition coefficient (Wildman–Crippen LogP) is 3.17. The van der Waals surface area contributed by atoms with E-state index in [0.717, 1.165) is 8.66 Å². The van der Waals surface area contributed by atoms with Gasteiger partial charge in [-0.1, -0.05) is 0 Å². The van der Waals surface area contributed by atoms with Crippen molar-refractivity contribution in [3.05, 3.63) is 36.4 Å². The first-order valence-corrected chi connectivity index (χ1v) is 7.05. The lowest BCUT2D eigenvalue weighted by Crippen LogP contribution is -2.13. The number of H-pyrrole nitrogens is 1. The number of methoxy groups -OCH3 is 1. The van der Waals surface area contributed by atoms with Crippen molar-refractivity contribution in [3.63, 3.8) is 0 Å². The first-order chi connectivity index (χ1) is 8.11. The van der Waals surface area contributed by atoms with Crippen LogP contribution in [0.5, 0.6) is 0 Å². The Labute approximate surface area is 118 Å². The van der Waals surface area contributed by atoms with Gasteiger partial charge in [0.2, 0.25) is 0 Å². The fourth-order valence-corrected chi connectivity index (χ4v) is 2.93. The summed E-state index contributed by atoms with van der Waals surface area (Å²) in [7, 11) is 1.57. The van der Waals surface area contributed by atoms with Gasteiger partial charge in [0.15, 0.2) is 5.82 Å². The molecular formula is C10H8Br2N2O2S. The van der Waals surface area contributed by atoms with Gasteiger partial charge < -0.3 is 9.72 Å². The minimum Gasteiger partial charge on any atom is -0.378 e. The second-order valence-electron chi connectivity index (χ2n) is 3.21. The zero-order valence-electron chi connectivity index (χ0n) is 8.79. The van der Waals surface area contributed by atoms with Crippen LogP contribution >= 0.6 is 43.2 Å². The Balaban J connectivity index is 2.52. The fraction of sp³-hybridized carbons (Fsp3) is 0.200. The number of nitrogens with zero attached hydrogens (tertiary/aromatic N) is 1. The van der Waals surface area contributed by atoms with E-state index in [-0.39, 0.29) is 5.56 Å². The normalized spacial score (nSPS) is 10.8. The van der Waals surface area contributed by atoms with Crippen molar-refractivity contribution in [2.75, 3.05) is 7.11 Å². The van der Waals surface area contributed by atoms with E-state index in [1.54, 1.807) is 7.11 Å². The van der Waals surface area contributed by atoms with Gasteiger partial charge in [0.05, 0.1) is 21.0 Å². The molecule has 0 aliphatic heterocycles. The van der Waals surface area contributed by atoms with Crippen molar-refractivity contribution in [1.29, 1.82) is 0 Å². The van der Waals surface area contributed by atoms with Gasteiger partial charge in [-0.3, -0.25) is 4.79 Å². The molecule has 0 aromatic carbocycles. The molecule has 2 aromatic rings. The number of ether oxygens (including phenoxy) is 1. The van der Waals surface area contributed by atoms with Crippen LogP contribution in [0.1, 0.15) is 5.69 Å². The summed E-state index contributed by atoms with van der Waals surface area (Å²) < 4.78 is 6.42. The fourth-order valence-electron chi connectivity index (χ4n) is 1.30. The van der Waals surface area contributed by atoms with Gasteiger partial charge in [-0.25, -0.2) is 4.98 Å². The molecule has 7 heteroatoms. The van der Waals surface area contributed by atoms with Gasteiger partial charge in [-0.2, -0.15) is 0 Å². The molecule has 0 radical (unpaired) electrons. The van der Waals surface area contributed by atoms with Crippen LogP contribution in [0.25, 0.3) is 10.7 Å². The molecule has 2 heterocycles. The van der Waals surface area contributed by atoms with Gasteiger partial charge in [0.25, 0.3) is 5.56 Å². The molecule has 0 aliphatic carbocycles. The molecule has 0 amide bonds. The maximum atomic E-state index is 11.7. The Hall–Kier alpha value is -0.500. The summed E-state index contributed by atoms with van der Waals surface area (Å²) in [5.74, 6) is 0.556. The first kappa shape index (κ1) is 12.9. The van der Waals surface area contributed by atoms with E-state index in [1.165, 1.54) is 11.3 Å². The van der Waals surface area contributed by atoms with E-state index in [0.29, 0.717) is 22.6 Å². The minimum atomic E-state index is -0.202. The number of nitrogens with one attached hydrogen (secondary N) is 1. The molecule has 0 atom stereocenters. The van der Waals surface area contributed by atoms with Crippen LogP contribution in [0.3, 0.4) is 0 Å². The van der Waals surface area contributed by atoms with Crippen LogP contribution in [0, 0.1) is 0 Å². The second kappa shape index (κ2) is 5.43. The summed E-state index contributed by atoms with van der Waals surface area (Å²) in [4.78, 5) is 19.7. The number of thiophene rings is 1. The molecule has 0 aliphatic rings. The Morgan fingerprint density at radius 1 is 1.47 bits per heavy atom. The number of hydrogen-bond acceptors (Lipinski definition) is 4. The van der Waals surface area contributed by atoms with Gasteiger partial charge in [-0.05, 0) is 44.0 Å². The lowest BCUT2D eigenvalue weighted by molar-refractivity contribution is 0.180. The van der Waals surface area contributed by atoms with E-state index in [2.05, 4.69) is 41.8 Å². The minimum absolute atomic E-state index is 0.202. The van der Waals surface area contributed by atoms with Crippen molar-refractivity contribution in [2.24, 2.45) is 0 Å². The summed E-state index contributed by atoms with van der Waals surface area (Å²) in [6.45, 7) is 0.296. The maximum Gasteiger partial charge on any atom is 0.265 e. The van der Waals surface area contributed by atoms with E-state index in [1.807, 2.05) is 12.1 Å². The molecule has 17 heavy (non-hydrogen) atoms. The summed E-state index contributed by atoms with van der Waals surface area (Å²) in [5.41, 5.74) is 0.391. The topological polar surface area (TPSA) is 55.0 Å². The number of hydrogen-bond donors (Lipinski definition) is 1. The molecule has 1 N–H and O–H groups in total. The van der Waals surface area contributed by atoms with Crippen LogP contribution in [0.4, 0.5) is 0 Å². The van der Waals surface area contributed by atoms with Crippen molar-refractivity contribution in [2.45, 2.75) is 6.61 Å². The highest BCUT2D eigenvalue weighted by atomic mass is 79.9. The monoisotopic (exact) mass is 378 g/mol. The number of aromatic nitrogens is 2. The molecular weight excluding hydrogens is 372 g/mol. The molecule has 0 fully saturated rings. The third-order valence-corrected chi connectivity index (χ3v) is 4.47. The van der Waals surface area contributed by atoms with E-state index in [9.17, 15) is 4.79 Å². The zero-order chi connectivity index (χ0) is 12.4. The van der Waals surface area contributed by atoms with Crippen molar-refractivity contribution >= 4 is 43.2 Å². The van der Waals surface area contributed by atoms with E-state index in [4.69, 9.17) is 4.74 Å². The average Bonchev–Trinajstić information content (AvgIpc) is 2.71. The number of rotatable bonds is 3. The lowest BCUT2D eigenvalue weighted by atomic mass is 10.4. The highest BCUT2D eigenvalue weighted by molar-refractivity contribution is 9.11. The Morgan fingerprint density at radius 2 is 2.24 bits per heavy atom. The largest absolute Gasteiger partial charge is 0.378 e. The third kappa shape index (κ3) is 2.85. The maximum absolute atomic E-state index is 11.7. The zero-order valence-corrected chi connectivity index (χ0v) is 12.8. The molecule has 4 nitrogen and oxygen atoms in total. The molecule has 0 unspecified atom stereocenters. The summed E-state index contributed by atoms with van der Waals surface area (Å²) in [6.07, 6.45) is 0. The van der Waals surface area contributed by atoms with E-state index >= 15 is 0 Å².